The van der Waals surface area contributed by atoms with Gasteiger partial charge < -0.3 is 19.9 Å². The van der Waals surface area contributed by atoms with Gasteiger partial charge in [-0.15, -0.1) is 6.58 Å². The molecule has 1 aromatic heterocycles. The number of nitrogens with one attached hydrogen (secondary N) is 1. The number of rotatable bonds is 6. The number of imidazole rings is 1. The monoisotopic (exact) mass is 252 g/mol. The Morgan fingerprint density at radius 1 is 1.67 bits per heavy atom. The van der Waals surface area contributed by atoms with Crippen molar-refractivity contribution in [3.8, 4) is 0 Å². The predicted octanol–water partition coefficient (Wildman–Crippen LogP) is 0.409. The van der Waals surface area contributed by atoms with Crippen LogP contribution in [0.2, 0.25) is 0 Å². The van der Waals surface area contributed by atoms with Gasteiger partial charge in [0.15, 0.2) is 5.69 Å². The first-order valence-electron chi connectivity index (χ1n) is 5.39. The minimum atomic E-state index is -1.07. The van der Waals surface area contributed by atoms with Crippen molar-refractivity contribution in [3.05, 3.63) is 30.9 Å². The lowest BCUT2D eigenvalue weighted by molar-refractivity contribution is 0.0691. The van der Waals surface area contributed by atoms with Gasteiger partial charge in [-0.05, 0) is 0 Å². The Hall–Kier alpha value is -2.31. The van der Waals surface area contributed by atoms with Crippen molar-refractivity contribution in [3.63, 3.8) is 0 Å². The Bertz CT molecular complexity index is 441. The molecule has 2 N–H and O–H groups in total. The summed E-state index contributed by atoms with van der Waals surface area (Å²) in [7, 11) is 1.66. The summed E-state index contributed by atoms with van der Waals surface area (Å²) < 4.78 is 1.61. The summed E-state index contributed by atoms with van der Waals surface area (Å²) in [5.41, 5.74) is -0.00916. The fourth-order valence-corrected chi connectivity index (χ4v) is 1.30. The molecule has 0 aliphatic heterocycles. The number of likely N-dealkylation sites (N-methyl/N-ethyl adjacent to an activating group) is 1. The number of hydrogen-bond donors (Lipinski definition) is 2. The molecule has 0 aromatic carbocycles. The molecule has 0 bridgehead atoms. The Balaban J connectivity index is 2.34. The van der Waals surface area contributed by atoms with Crippen molar-refractivity contribution in [2.45, 2.75) is 6.54 Å². The number of urea groups is 1. The van der Waals surface area contributed by atoms with Gasteiger partial charge in [0, 0.05) is 32.9 Å². The average Bonchev–Trinajstić information content (AvgIpc) is 2.78. The number of carboxylic acids is 1. The highest BCUT2D eigenvalue weighted by Crippen LogP contribution is 1.95. The van der Waals surface area contributed by atoms with Crippen LogP contribution in [0.4, 0.5) is 4.79 Å². The van der Waals surface area contributed by atoms with Crippen LogP contribution in [0.3, 0.4) is 0 Å². The Morgan fingerprint density at radius 3 is 2.94 bits per heavy atom. The molecule has 1 heterocycles. The molecular formula is C11H16N4O3. The third-order valence-corrected chi connectivity index (χ3v) is 2.25. The van der Waals surface area contributed by atoms with Gasteiger partial charge in [0.25, 0.3) is 0 Å². The molecule has 7 nitrogen and oxygen atoms in total. The zero-order valence-corrected chi connectivity index (χ0v) is 10.2. The minimum absolute atomic E-state index is 0.00916. The van der Waals surface area contributed by atoms with Crippen LogP contribution >= 0.6 is 0 Å². The molecule has 1 rings (SSSR count). The fraction of sp³-hybridized carbons (Fsp3) is 0.364. The van der Waals surface area contributed by atoms with E-state index in [0.29, 0.717) is 19.6 Å². The summed E-state index contributed by atoms with van der Waals surface area (Å²) in [6, 6.07) is -0.200. The van der Waals surface area contributed by atoms with Gasteiger partial charge in [0.2, 0.25) is 0 Å². The second-order valence-corrected chi connectivity index (χ2v) is 3.70. The summed E-state index contributed by atoms with van der Waals surface area (Å²) >= 11 is 0. The Labute approximate surface area is 105 Å². The highest BCUT2D eigenvalue weighted by Gasteiger charge is 2.07. The van der Waals surface area contributed by atoms with Crippen LogP contribution in [0.1, 0.15) is 10.5 Å². The molecule has 0 aliphatic rings. The van der Waals surface area contributed by atoms with Crippen LogP contribution in [0.5, 0.6) is 0 Å². The molecule has 0 fully saturated rings. The van der Waals surface area contributed by atoms with Gasteiger partial charge >= 0.3 is 12.0 Å². The van der Waals surface area contributed by atoms with Crippen LogP contribution in [0.25, 0.3) is 0 Å². The van der Waals surface area contributed by atoms with Crippen molar-refractivity contribution in [1.29, 1.82) is 0 Å². The van der Waals surface area contributed by atoms with E-state index >= 15 is 0 Å². The molecule has 18 heavy (non-hydrogen) atoms. The van der Waals surface area contributed by atoms with Gasteiger partial charge in [-0.3, -0.25) is 0 Å². The van der Waals surface area contributed by atoms with Crippen LogP contribution < -0.4 is 5.32 Å². The van der Waals surface area contributed by atoms with Crippen LogP contribution in [0.15, 0.2) is 25.2 Å². The lowest BCUT2D eigenvalue weighted by atomic mass is 10.5. The van der Waals surface area contributed by atoms with E-state index in [9.17, 15) is 9.59 Å². The van der Waals surface area contributed by atoms with Gasteiger partial charge in [-0.25, -0.2) is 14.6 Å². The lowest BCUT2D eigenvalue weighted by Gasteiger charge is -2.15. The first-order chi connectivity index (χ1) is 8.54. The van der Waals surface area contributed by atoms with E-state index in [4.69, 9.17) is 5.11 Å². The lowest BCUT2D eigenvalue weighted by Crippen LogP contribution is -2.38. The number of hydrogen-bond acceptors (Lipinski definition) is 3. The Morgan fingerprint density at radius 2 is 2.39 bits per heavy atom. The van der Waals surface area contributed by atoms with E-state index in [2.05, 4.69) is 16.9 Å². The van der Waals surface area contributed by atoms with Gasteiger partial charge in [-0.2, -0.15) is 0 Å². The van der Waals surface area contributed by atoms with Crippen LogP contribution in [0, 0.1) is 0 Å². The zero-order valence-electron chi connectivity index (χ0n) is 10.2. The van der Waals surface area contributed by atoms with Crippen molar-refractivity contribution < 1.29 is 14.7 Å². The van der Waals surface area contributed by atoms with Gasteiger partial charge in [0.1, 0.15) is 0 Å². The summed E-state index contributed by atoms with van der Waals surface area (Å²) in [6.07, 6.45) is 4.47. The van der Waals surface area contributed by atoms with Crippen LogP contribution in [-0.4, -0.2) is 51.7 Å². The maximum atomic E-state index is 11.5. The number of aromatic nitrogens is 2. The molecule has 0 radical (unpaired) electrons. The molecule has 7 heteroatoms. The SMILES string of the molecule is C=CCN(C)C(=O)NCCn1cnc(C(=O)O)c1. The molecule has 0 saturated heterocycles. The Kier molecular flexibility index (Phi) is 4.91. The first kappa shape index (κ1) is 13.8. The molecule has 0 saturated carbocycles. The maximum Gasteiger partial charge on any atom is 0.356 e. The first-order valence-corrected chi connectivity index (χ1v) is 5.39. The number of amides is 2. The smallest absolute Gasteiger partial charge is 0.356 e. The quantitative estimate of drug-likeness (QED) is 0.718. The number of carboxylic acid groups (broad SMARTS) is 1. The van der Waals surface area contributed by atoms with E-state index in [1.165, 1.54) is 17.4 Å². The third-order valence-electron chi connectivity index (χ3n) is 2.25. The normalized spacial score (nSPS) is 9.83. The van der Waals surface area contributed by atoms with E-state index in [0.717, 1.165) is 0 Å². The van der Waals surface area contributed by atoms with E-state index in [-0.39, 0.29) is 11.7 Å². The van der Waals surface area contributed by atoms with E-state index in [1.807, 2.05) is 0 Å². The van der Waals surface area contributed by atoms with Gasteiger partial charge in [-0.1, -0.05) is 6.08 Å². The van der Waals surface area contributed by atoms with Crippen LogP contribution in [-0.2, 0) is 6.54 Å². The number of carbonyl (C=O) groups is 2. The minimum Gasteiger partial charge on any atom is -0.476 e. The second kappa shape index (κ2) is 6.43. The summed E-state index contributed by atoms with van der Waals surface area (Å²) in [6.45, 7) is 4.88. The number of aromatic carboxylic acids is 1. The zero-order chi connectivity index (χ0) is 13.5. The molecular weight excluding hydrogens is 236 g/mol. The molecule has 0 aliphatic carbocycles. The maximum absolute atomic E-state index is 11.5. The highest BCUT2D eigenvalue weighted by molar-refractivity contribution is 5.84. The standard InChI is InChI=1S/C11H16N4O3/c1-3-5-14(2)11(18)12-4-6-15-7-9(10(16)17)13-8-15/h3,7-8H,1,4-6H2,2H3,(H,12,18)(H,16,17). The van der Waals surface area contributed by atoms with E-state index in [1.54, 1.807) is 17.7 Å². The molecule has 0 atom stereocenters. The third kappa shape index (κ3) is 3.93. The van der Waals surface area contributed by atoms with Crippen molar-refractivity contribution in [1.82, 2.24) is 19.8 Å². The van der Waals surface area contributed by atoms with Crippen molar-refractivity contribution >= 4 is 12.0 Å². The topological polar surface area (TPSA) is 87.5 Å². The number of nitrogens with zero attached hydrogens (tertiary/aromatic N) is 3. The molecule has 0 spiro atoms. The van der Waals surface area contributed by atoms with E-state index < -0.39 is 5.97 Å². The van der Waals surface area contributed by atoms with Crippen molar-refractivity contribution in [2.75, 3.05) is 20.1 Å². The van der Waals surface area contributed by atoms with Crippen molar-refractivity contribution in [2.24, 2.45) is 0 Å². The summed E-state index contributed by atoms with van der Waals surface area (Å²) in [5, 5.41) is 11.4. The molecule has 1 aromatic rings. The molecule has 98 valence electrons. The largest absolute Gasteiger partial charge is 0.476 e. The average molecular weight is 252 g/mol. The highest BCUT2D eigenvalue weighted by atomic mass is 16.4. The number of carbonyl (C=O) groups excluding carboxylic acids is 1. The predicted molar refractivity (Wildman–Crippen MR) is 65.4 cm³/mol. The molecule has 0 unspecified atom stereocenters. The fourth-order valence-electron chi connectivity index (χ4n) is 1.30. The molecule has 2 amide bonds. The second-order valence-electron chi connectivity index (χ2n) is 3.70. The van der Waals surface area contributed by atoms with Gasteiger partial charge in [0.05, 0.1) is 6.33 Å². The summed E-state index contributed by atoms with van der Waals surface area (Å²) in [4.78, 5) is 27.3. The summed E-state index contributed by atoms with van der Waals surface area (Å²) in [5.74, 6) is -1.07.